The number of fused-ring (bicyclic) bond motifs is 1. The fourth-order valence-electron chi connectivity index (χ4n) is 1.41. The molecule has 0 spiro atoms. The lowest BCUT2D eigenvalue weighted by atomic mass is 10.2. The van der Waals surface area contributed by atoms with Gasteiger partial charge >= 0.3 is 0 Å². The second-order valence-electron chi connectivity index (χ2n) is 2.78. The van der Waals surface area contributed by atoms with Crippen LogP contribution in [0.2, 0.25) is 10.2 Å². The molecule has 0 saturated heterocycles. The van der Waals surface area contributed by atoms with Gasteiger partial charge in [-0.3, -0.25) is 0 Å². The van der Waals surface area contributed by atoms with Crippen LogP contribution in [0.1, 0.15) is 5.56 Å². The first-order valence-corrected chi connectivity index (χ1v) is 4.64. The van der Waals surface area contributed by atoms with Gasteiger partial charge in [-0.2, -0.15) is 0 Å². The van der Waals surface area contributed by atoms with Crippen LogP contribution in [0.25, 0.3) is 10.9 Å². The maximum Gasteiger partial charge on any atom is 0.111 e. The van der Waals surface area contributed by atoms with Crippen LogP contribution in [0.5, 0.6) is 0 Å². The summed E-state index contributed by atoms with van der Waals surface area (Å²) >= 11 is 11.9. The van der Waals surface area contributed by atoms with Crippen molar-refractivity contribution in [3.63, 3.8) is 0 Å². The second-order valence-corrected chi connectivity index (χ2v) is 3.57. The molecule has 2 rings (SSSR count). The molecule has 0 aliphatic rings. The van der Waals surface area contributed by atoms with E-state index in [-0.39, 0.29) is 0 Å². The number of aromatic nitrogens is 1. The highest BCUT2D eigenvalue weighted by atomic mass is 35.5. The summed E-state index contributed by atoms with van der Waals surface area (Å²) in [4.78, 5) is 3.00. The standard InChI is InChI=1S/C9H8Cl2N2/c10-7-3-1-2-5-6(4-12)9(11)13-8(5)7/h1-3,13H,4,12H2. The number of aromatic amines is 1. The zero-order valence-corrected chi connectivity index (χ0v) is 8.28. The summed E-state index contributed by atoms with van der Waals surface area (Å²) in [6.07, 6.45) is 0. The molecule has 1 heterocycles. The molecule has 1 aromatic carbocycles. The van der Waals surface area contributed by atoms with Crippen molar-refractivity contribution in [3.05, 3.63) is 33.9 Å². The molecule has 0 radical (unpaired) electrons. The summed E-state index contributed by atoms with van der Waals surface area (Å²) in [7, 11) is 0. The predicted octanol–water partition coefficient (Wildman–Crippen LogP) is 2.93. The molecule has 68 valence electrons. The van der Waals surface area contributed by atoms with Crippen LogP contribution >= 0.6 is 23.2 Å². The van der Waals surface area contributed by atoms with Gasteiger partial charge in [-0.25, -0.2) is 0 Å². The van der Waals surface area contributed by atoms with Crippen LogP contribution in [0.3, 0.4) is 0 Å². The molecule has 3 N–H and O–H groups in total. The number of para-hydroxylation sites is 1. The van der Waals surface area contributed by atoms with Gasteiger partial charge in [-0.1, -0.05) is 35.3 Å². The minimum Gasteiger partial charge on any atom is -0.344 e. The zero-order chi connectivity index (χ0) is 9.42. The molecule has 0 fully saturated rings. The van der Waals surface area contributed by atoms with E-state index in [1.54, 1.807) is 0 Å². The molecule has 4 heteroatoms. The van der Waals surface area contributed by atoms with E-state index in [1.807, 2.05) is 18.2 Å². The SMILES string of the molecule is NCc1c(Cl)[nH]c2c(Cl)cccc12. The van der Waals surface area contributed by atoms with Gasteiger partial charge in [0.2, 0.25) is 0 Å². The third-order valence-electron chi connectivity index (χ3n) is 2.04. The number of nitrogens with one attached hydrogen (secondary N) is 1. The maximum atomic E-state index is 5.97. The quantitative estimate of drug-likeness (QED) is 0.754. The Morgan fingerprint density at radius 1 is 1.31 bits per heavy atom. The van der Waals surface area contributed by atoms with Crippen LogP contribution in [0.15, 0.2) is 18.2 Å². The van der Waals surface area contributed by atoms with Gasteiger partial charge in [0.1, 0.15) is 5.15 Å². The van der Waals surface area contributed by atoms with Crippen LogP contribution in [0.4, 0.5) is 0 Å². The van der Waals surface area contributed by atoms with Crippen molar-refractivity contribution in [1.82, 2.24) is 4.98 Å². The maximum absolute atomic E-state index is 5.97. The Morgan fingerprint density at radius 3 is 2.77 bits per heavy atom. The normalized spacial score (nSPS) is 11.0. The fraction of sp³-hybridized carbons (Fsp3) is 0.111. The minimum absolute atomic E-state index is 0.416. The second kappa shape index (κ2) is 3.22. The zero-order valence-electron chi connectivity index (χ0n) is 6.77. The van der Waals surface area contributed by atoms with Gasteiger partial charge in [0.15, 0.2) is 0 Å². The fourth-order valence-corrected chi connectivity index (χ4v) is 1.90. The van der Waals surface area contributed by atoms with E-state index in [2.05, 4.69) is 4.98 Å². The lowest BCUT2D eigenvalue weighted by molar-refractivity contribution is 1.08. The Bertz CT molecular complexity index is 448. The molecule has 2 nitrogen and oxygen atoms in total. The van der Waals surface area contributed by atoms with Gasteiger partial charge in [0.25, 0.3) is 0 Å². The summed E-state index contributed by atoms with van der Waals surface area (Å²) in [6, 6.07) is 5.65. The minimum atomic E-state index is 0.416. The molecule has 0 atom stereocenters. The number of hydrogen-bond acceptors (Lipinski definition) is 1. The van der Waals surface area contributed by atoms with E-state index < -0.39 is 0 Å². The molecular formula is C9H8Cl2N2. The van der Waals surface area contributed by atoms with Crippen LogP contribution < -0.4 is 5.73 Å². The van der Waals surface area contributed by atoms with Crippen LogP contribution in [-0.4, -0.2) is 4.98 Å². The van der Waals surface area contributed by atoms with E-state index in [0.717, 1.165) is 16.5 Å². The lowest BCUT2D eigenvalue weighted by Crippen LogP contribution is -1.95. The number of rotatable bonds is 1. The van der Waals surface area contributed by atoms with E-state index in [1.165, 1.54) is 0 Å². The van der Waals surface area contributed by atoms with Crippen molar-refractivity contribution in [2.75, 3.05) is 0 Å². The Labute approximate surface area is 85.6 Å². The molecule has 1 aromatic heterocycles. The molecule has 0 bridgehead atoms. The highest BCUT2D eigenvalue weighted by molar-refractivity contribution is 6.37. The van der Waals surface area contributed by atoms with E-state index >= 15 is 0 Å². The first kappa shape index (κ1) is 8.88. The molecular weight excluding hydrogens is 207 g/mol. The van der Waals surface area contributed by atoms with Gasteiger partial charge < -0.3 is 10.7 Å². The van der Waals surface area contributed by atoms with Gasteiger partial charge in [-0.15, -0.1) is 0 Å². The average Bonchev–Trinajstić information content (AvgIpc) is 2.43. The van der Waals surface area contributed by atoms with Gasteiger partial charge in [0, 0.05) is 17.5 Å². The Balaban J connectivity index is 2.86. The average molecular weight is 215 g/mol. The Morgan fingerprint density at radius 2 is 2.08 bits per heavy atom. The number of hydrogen-bond donors (Lipinski definition) is 2. The Hall–Kier alpha value is -0.700. The molecule has 13 heavy (non-hydrogen) atoms. The largest absolute Gasteiger partial charge is 0.344 e. The number of benzene rings is 1. The summed E-state index contributed by atoms with van der Waals surface area (Å²) < 4.78 is 0. The van der Waals surface area contributed by atoms with Crippen LogP contribution in [-0.2, 0) is 6.54 Å². The number of halogens is 2. The smallest absolute Gasteiger partial charge is 0.111 e. The molecule has 0 aliphatic carbocycles. The third kappa shape index (κ3) is 1.31. The van der Waals surface area contributed by atoms with Crippen molar-refractivity contribution >= 4 is 34.1 Å². The van der Waals surface area contributed by atoms with Crippen molar-refractivity contribution in [2.24, 2.45) is 5.73 Å². The van der Waals surface area contributed by atoms with E-state index in [4.69, 9.17) is 28.9 Å². The van der Waals surface area contributed by atoms with Crippen molar-refractivity contribution in [1.29, 1.82) is 0 Å². The lowest BCUT2D eigenvalue weighted by Gasteiger charge is -1.94. The molecule has 0 amide bonds. The predicted molar refractivity (Wildman–Crippen MR) is 56.2 cm³/mol. The first-order valence-electron chi connectivity index (χ1n) is 3.88. The summed E-state index contributed by atoms with van der Waals surface area (Å²) in [5.41, 5.74) is 7.34. The van der Waals surface area contributed by atoms with Crippen molar-refractivity contribution < 1.29 is 0 Å². The van der Waals surface area contributed by atoms with Gasteiger partial charge in [0.05, 0.1) is 10.5 Å². The molecule has 0 aliphatic heterocycles. The molecule has 2 aromatic rings. The third-order valence-corrected chi connectivity index (χ3v) is 2.68. The highest BCUT2D eigenvalue weighted by Gasteiger charge is 2.09. The number of H-pyrrole nitrogens is 1. The topological polar surface area (TPSA) is 41.8 Å². The van der Waals surface area contributed by atoms with Crippen molar-refractivity contribution in [2.45, 2.75) is 6.54 Å². The summed E-state index contributed by atoms with van der Waals surface area (Å²) in [6.45, 7) is 0.416. The molecule has 0 unspecified atom stereocenters. The summed E-state index contributed by atoms with van der Waals surface area (Å²) in [5, 5.41) is 2.24. The monoisotopic (exact) mass is 214 g/mol. The Kier molecular flexibility index (Phi) is 2.20. The van der Waals surface area contributed by atoms with Gasteiger partial charge in [-0.05, 0) is 6.07 Å². The molecule has 0 saturated carbocycles. The van der Waals surface area contributed by atoms with E-state index in [9.17, 15) is 0 Å². The summed E-state index contributed by atoms with van der Waals surface area (Å²) in [5.74, 6) is 0. The number of nitrogens with two attached hydrogens (primary N) is 1. The van der Waals surface area contributed by atoms with Crippen LogP contribution in [0, 0.1) is 0 Å². The van der Waals surface area contributed by atoms with Crippen molar-refractivity contribution in [3.8, 4) is 0 Å². The van der Waals surface area contributed by atoms with E-state index in [0.29, 0.717) is 16.7 Å². The first-order chi connectivity index (χ1) is 6.24. The highest BCUT2D eigenvalue weighted by Crippen LogP contribution is 2.30.